The average molecular weight is 140 g/mol. The van der Waals surface area contributed by atoms with E-state index < -0.39 is 5.37 Å². The molecule has 0 saturated carbocycles. The second kappa shape index (κ2) is 3.66. The van der Waals surface area contributed by atoms with Gasteiger partial charge in [0, 0.05) is 0 Å². The van der Waals surface area contributed by atoms with E-state index in [9.17, 15) is 9.28 Å². The first-order valence-corrected chi connectivity index (χ1v) is 2.69. The molecule has 1 amide bonds. The Hall–Kier alpha value is -0.310. The van der Waals surface area contributed by atoms with Gasteiger partial charge in [-0.05, 0) is 18.0 Å². The molecule has 0 aromatic carbocycles. The summed E-state index contributed by atoms with van der Waals surface area (Å²) in [4.78, 5) is 9.85. The molecule has 2 nitrogen and oxygen atoms in total. The summed E-state index contributed by atoms with van der Waals surface area (Å²) in [6, 6.07) is 0. The number of halogens is 2. The summed E-state index contributed by atoms with van der Waals surface area (Å²) in [5, 5.41) is -1.08. The quantitative estimate of drug-likeness (QED) is 0.325. The van der Waals surface area contributed by atoms with E-state index in [0.717, 1.165) is 0 Å². The normalized spacial score (nSPS) is 8.88. The third-order valence-corrected chi connectivity index (χ3v) is 0.794. The van der Waals surface area contributed by atoms with Gasteiger partial charge in [-0.15, -0.1) is 0 Å². The summed E-state index contributed by atoms with van der Waals surface area (Å²) in [5.74, 6) is 0. The van der Waals surface area contributed by atoms with Crippen LogP contribution in [0.15, 0.2) is 0 Å². The van der Waals surface area contributed by atoms with Crippen molar-refractivity contribution < 1.29 is 9.28 Å². The topological polar surface area (TPSA) is 20.3 Å². The van der Waals surface area contributed by atoms with E-state index in [1.165, 1.54) is 0 Å². The van der Waals surface area contributed by atoms with E-state index in [1.54, 1.807) is 6.92 Å². The van der Waals surface area contributed by atoms with Crippen LogP contribution in [0.4, 0.5) is 9.28 Å². The van der Waals surface area contributed by atoms with E-state index in [-0.39, 0.29) is 11.7 Å². The lowest BCUT2D eigenvalue weighted by Crippen LogP contribution is -2.16. The van der Waals surface area contributed by atoms with Gasteiger partial charge in [-0.25, -0.2) is 0 Å². The molecule has 0 bridgehead atoms. The van der Waals surface area contributed by atoms with Crippen LogP contribution >= 0.6 is 11.6 Å². The molecule has 0 heterocycles. The summed E-state index contributed by atoms with van der Waals surface area (Å²) in [7, 11) is 0. The van der Waals surface area contributed by atoms with Crippen LogP contribution in [0.25, 0.3) is 0 Å². The van der Waals surface area contributed by atoms with Crippen LogP contribution in [0.2, 0.25) is 0 Å². The Morgan fingerprint density at radius 3 is 2.50 bits per heavy atom. The number of rotatable bonds is 2. The average Bonchev–Trinajstić information content (AvgIpc) is 1.67. The fraction of sp³-hybridized carbons (Fsp3) is 0.750. The van der Waals surface area contributed by atoms with E-state index in [0.29, 0.717) is 6.42 Å². The van der Waals surface area contributed by atoms with Gasteiger partial charge in [0.1, 0.15) is 0 Å². The van der Waals surface area contributed by atoms with Crippen LogP contribution in [0.3, 0.4) is 0 Å². The molecule has 0 aliphatic heterocycles. The van der Waals surface area contributed by atoms with Gasteiger partial charge >= 0.3 is 5.37 Å². The van der Waals surface area contributed by atoms with Gasteiger partial charge in [0.2, 0.25) is 0 Å². The lowest BCUT2D eigenvalue weighted by Gasteiger charge is -2.02. The number of hydrogen-bond donors (Lipinski definition) is 0. The number of amides is 1. The molecule has 0 radical (unpaired) electrons. The molecule has 4 heteroatoms. The van der Waals surface area contributed by atoms with Crippen molar-refractivity contribution in [2.24, 2.45) is 0 Å². The molecule has 0 aromatic rings. The molecule has 8 heavy (non-hydrogen) atoms. The van der Waals surface area contributed by atoms with Crippen molar-refractivity contribution in [2.45, 2.75) is 13.3 Å². The zero-order valence-corrected chi connectivity index (χ0v) is 5.28. The van der Waals surface area contributed by atoms with Gasteiger partial charge < -0.3 is 0 Å². The molecule has 0 fully saturated rings. The smallest absolute Gasteiger partial charge is 0.253 e. The maximum atomic E-state index is 11.9. The predicted molar refractivity (Wildman–Crippen MR) is 29.4 cm³/mol. The molecule has 48 valence electrons. The Labute approximate surface area is 52.2 Å². The fourth-order valence-corrected chi connectivity index (χ4v) is 0.369. The molecule has 0 atom stereocenters. The van der Waals surface area contributed by atoms with Gasteiger partial charge in [-0.2, -0.15) is 5.12 Å². The Bertz CT molecular complexity index is 88.1. The molecule has 0 aliphatic carbocycles. The van der Waals surface area contributed by atoms with Crippen LogP contribution in [0, 0.1) is 0 Å². The molecule has 0 N–H and O–H groups in total. The van der Waals surface area contributed by atoms with Crippen molar-refractivity contribution in [3.05, 3.63) is 0 Å². The molecule has 0 spiro atoms. The lowest BCUT2D eigenvalue weighted by atomic mass is 10.5. The highest BCUT2D eigenvalue weighted by molar-refractivity contribution is 6.62. The SMILES string of the molecule is CCCN(F)C(=O)Cl. The van der Waals surface area contributed by atoms with Gasteiger partial charge in [0.05, 0.1) is 6.54 Å². The highest BCUT2D eigenvalue weighted by Crippen LogP contribution is 1.96. The van der Waals surface area contributed by atoms with Crippen LogP contribution < -0.4 is 0 Å². The van der Waals surface area contributed by atoms with Crippen LogP contribution in [0.5, 0.6) is 0 Å². The van der Waals surface area contributed by atoms with Crippen molar-refractivity contribution in [1.82, 2.24) is 5.12 Å². The zero-order chi connectivity index (χ0) is 6.57. The second-order valence-corrected chi connectivity index (χ2v) is 1.66. The standard InChI is InChI=1S/C4H7ClFNO/c1-2-3-7(6)4(5)8/h2-3H2,1H3. The molecular formula is C4H7ClFNO. The highest BCUT2D eigenvalue weighted by atomic mass is 35.5. The molecule has 0 saturated heterocycles. The van der Waals surface area contributed by atoms with Crippen molar-refractivity contribution in [3.8, 4) is 0 Å². The first kappa shape index (κ1) is 7.69. The molecule has 0 rings (SSSR count). The minimum absolute atomic E-state index is 0.0262. The van der Waals surface area contributed by atoms with Crippen molar-refractivity contribution in [3.63, 3.8) is 0 Å². The third-order valence-electron chi connectivity index (χ3n) is 0.611. The van der Waals surface area contributed by atoms with Crippen LogP contribution in [-0.4, -0.2) is 17.0 Å². The monoisotopic (exact) mass is 139 g/mol. The van der Waals surface area contributed by atoms with Gasteiger partial charge in [0.15, 0.2) is 0 Å². The minimum atomic E-state index is -1.05. The van der Waals surface area contributed by atoms with Crippen molar-refractivity contribution in [1.29, 1.82) is 0 Å². The lowest BCUT2D eigenvalue weighted by molar-refractivity contribution is 0.0832. The Morgan fingerprint density at radius 1 is 1.88 bits per heavy atom. The van der Waals surface area contributed by atoms with Gasteiger partial charge in [-0.3, -0.25) is 4.79 Å². The first-order chi connectivity index (χ1) is 3.68. The summed E-state index contributed by atoms with van der Waals surface area (Å²) in [6.07, 6.45) is 0.578. The van der Waals surface area contributed by atoms with Gasteiger partial charge in [-0.1, -0.05) is 11.4 Å². The zero-order valence-electron chi connectivity index (χ0n) is 4.53. The summed E-state index contributed by atoms with van der Waals surface area (Å²) in [6.45, 7) is 1.83. The van der Waals surface area contributed by atoms with Crippen LogP contribution in [-0.2, 0) is 0 Å². The van der Waals surface area contributed by atoms with Gasteiger partial charge in [0.25, 0.3) is 0 Å². The van der Waals surface area contributed by atoms with Crippen molar-refractivity contribution >= 4 is 17.0 Å². The maximum Gasteiger partial charge on any atom is 0.344 e. The van der Waals surface area contributed by atoms with Crippen molar-refractivity contribution in [2.75, 3.05) is 6.54 Å². The second-order valence-electron chi connectivity index (χ2n) is 1.34. The molecule has 0 aliphatic rings. The van der Waals surface area contributed by atoms with E-state index in [4.69, 9.17) is 11.6 Å². The highest BCUT2D eigenvalue weighted by Gasteiger charge is 2.05. The summed E-state index contributed by atoms with van der Waals surface area (Å²) >= 11 is 4.72. The van der Waals surface area contributed by atoms with E-state index >= 15 is 0 Å². The Balaban J connectivity index is 3.32. The number of nitrogens with zero attached hydrogens (tertiary/aromatic N) is 1. The summed E-state index contributed by atoms with van der Waals surface area (Å²) in [5.41, 5.74) is 0. The van der Waals surface area contributed by atoms with Crippen LogP contribution in [0.1, 0.15) is 13.3 Å². The molecule has 0 aromatic heterocycles. The minimum Gasteiger partial charge on any atom is -0.253 e. The molecule has 0 unspecified atom stereocenters. The predicted octanol–water partition coefficient (Wildman–Crippen LogP) is 1.94. The largest absolute Gasteiger partial charge is 0.344 e. The summed E-state index contributed by atoms with van der Waals surface area (Å²) < 4.78 is 11.9. The Kier molecular flexibility index (Phi) is 3.52. The first-order valence-electron chi connectivity index (χ1n) is 2.31. The molecular weight excluding hydrogens is 133 g/mol. The Morgan fingerprint density at radius 2 is 2.38 bits per heavy atom. The number of carbonyl (C=O) groups excluding carboxylic acids is 1. The van der Waals surface area contributed by atoms with E-state index in [2.05, 4.69) is 0 Å². The fourth-order valence-electron chi connectivity index (χ4n) is 0.284. The van der Waals surface area contributed by atoms with E-state index in [1.807, 2.05) is 0 Å². The maximum absolute atomic E-state index is 11.9. The number of carbonyl (C=O) groups is 1. The number of hydrogen-bond acceptors (Lipinski definition) is 1. The third kappa shape index (κ3) is 2.80.